The summed E-state index contributed by atoms with van der Waals surface area (Å²) >= 11 is 0. The molecule has 37 heavy (non-hydrogen) atoms. The molecule has 2 aliphatic rings. The number of carbonyl (C=O) groups excluding carboxylic acids is 2. The lowest BCUT2D eigenvalue weighted by Gasteiger charge is -2.33. The molecule has 0 saturated carbocycles. The molecule has 0 fully saturated rings. The molecule has 0 saturated heterocycles. The number of ether oxygens (including phenoxy) is 2. The summed E-state index contributed by atoms with van der Waals surface area (Å²) in [7, 11) is 1.33. The maximum Gasteiger partial charge on any atom is 0.339 e. The molecule has 6 rings (SSSR count). The van der Waals surface area contributed by atoms with E-state index in [0.29, 0.717) is 23.3 Å². The quantitative estimate of drug-likeness (QED) is 0.336. The third-order valence-corrected chi connectivity index (χ3v) is 7.74. The molecular formula is C29H28N2O6. The van der Waals surface area contributed by atoms with Crippen LogP contribution in [0.4, 0.5) is 0 Å². The number of carbonyl (C=O) groups is 2. The van der Waals surface area contributed by atoms with E-state index < -0.39 is 12.0 Å². The molecule has 8 nitrogen and oxygen atoms in total. The number of H-pyrrole nitrogens is 1. The molecule has 2 aromatic heterocycles. The van der Waals surface area contributed by atoms with Gasteiger partial charge in [-0.05, 0) is 61.9 Å². The Balaban J connectivity index is 1.27. The van der Waals surface area contributed by atoms with E-state index in [4.69, 9.17) is 13.9 Å². The average molecular weight is 501 g/mol. The molecule has 4 aromatic rings. The molecule has 1 aliphatic carbocycles. The third-order valence-electron chi connectivity index (χ3n) is 7.74. The molecular weight excluding hydrogens is 472 g/mol. The van der Waals surface area contributed by atoms with Gasteiger partial charge in [0, 0.05) is 39.5 Å². The average Bonchev–Trinajstić information content (AvgIpc) is 3.29. The van der Waals surface area contributed by atoms with Gasteiger partial charge in [0.2, 0.25) is 0 Å². The van der Waals surface area contributed by atoms with Crippen molar-refractivity contribution in [1.29, 1.82) is 0 Å². The molecule has 1 aliphatic heterocycles. The molecule has 0 bridgehead atoms. The highest BCUT2D eigenvalue weighted by atomic mass is 16.5. The molecule has 8 heteroatoms. The summed E-state index contributed by atoms with van der Waals surface area (Å²) in [5.74, 6) is -0.318. The normalized spacial score (nSPS) is 16.9. The van der Waals surface area contributed by atoms with Crippen LogP contribution in [0.3, 0.4) is 0 Å². The number of nitrogens with one attached hydrogen (secondary N) is 1. The summed E-state index contributed by atoms with van der Waals surface area (Å²) in [6.45, 7) is 1.82. The number of amides is 1. The van der Waals surface area contributed by atoms with Crippen molar-refractivity contribution >= 4 is 33.7 Å². The summed E-state index contributed by atoms with van der Waals surface area (Å²) in [5, 5.41) is 1.98. The maximum absolute atomic E-state index is 13.4. The van der Waals surface area contributed by atoms with Crippen LogP contribution in [-0.4, -0.2) is 41.5 Å². The number of aromatic amines is 1. The zero-order valence-electron chi connectivity index (χ0n) is 20.9. The largest absolute Gasteiger partial charge is 0.483 e. The van der Waals surface area contributed by atoms with E-state index in [2.05, 4.69) is 4.98 Å². The van der Waals surface area contributed by atoms with Crippen LogP contribution in [0.25, 0.3) is 21.9 Å². The molecule has 2 aromatic carbocycles. The predicted molar refractivity (Wildman–Crippen MR) is 138 cm³/mol. The second kappa shape index (κ2) is 9.10. The van der Waals surface area contributed by atoms with Gasteiger partial charge in [-0.25, -0.2) is 9.59 Å². The lowest BCUT2D eigenvalue weighted by molar-refractivity contribution is -0.154. The number of fused-ring (bicyclic) bond motifs is 6. The first-order chi connectivity index (χ1) is 18.0. The van der Waals surface area contributed by atoms with Gasteiger partial charge < -0.3 is 23.8 Å². The molecule has 0 unspecified atom stereocenters. The van der Waals surface area contributed by atoms with Gasteiger partial charge in [0.25, 0.3) is 5.91 Å². The van der Waals surface area contributed by atoms with Crippen molar-refractivity contribution in [2.24, 2.45) is 0 Å². The summed E-state index contributed by atoms with van der Waals surface area (Å²) in [5.41, 5.74) is 5.63. The fourth-order valence-corrected chi connectivity index (χ4v) is 5.82. The first-order valence-corrected chi connectivity index (χ1v) is 12.6. The topological polar surface area (TPSA) is 102 Å². The zero-order chi connectivity index (χ0) is 25.7. The van der Waals surface area contributed by atoms with Crippen LogP contribution in [0.1, 0.15) is 40.8 Å². The number of methoxy groups -OCH3 is 1. The van der Waals surface area contributed by atoms with Crippen molar-refractivity contribution in [3.8, 4) is 5.75 Å². The Kier molecular flexibility index (Phi) is 5.74. The third kappa shape index (κ3) is 3.87. The van der Waals surface area contributed by atoms with Crippen LogP contribution >= 0.6 is 0 Å². The van der Waals surface area contributed by atoms with E-state index in [1.54, 1.807) is 0 Å². The second-order valence-corrected chi connectivity index (χ2v) is 9.80. The molecule has 3 heterocycles. The van der Waals surface area contributed by atoms with Crippen LogP contribution in [-0.2, 0) is 40.1 Å². The number of benzene rings is 2. The Morgan fingerprint density at radius 3 is 2.65 bits per heavy atom. The predicted octanol–water partition coefficient (Wildman–Crippen LogP) is 3.97. The Morgan fingerprint density at radius 2 is 1.84 bits per heavy atom. The van der Waals surface area contributed by atoms with Crippen LogP contribution in [0.2, 0.25) is 0 Å². The Morgan fingerprint density at radius 1 is 1.05 bits per heavy atom. The Hall–Kier alpha value is -4.07. The Labute approximate surface area is 213 Å². The van der Waals surface area contributed by atoms with E-state index in [9.17, 15) is 14.4 Å². The van der Waals surface area contributed by atoms with Crippen LogP contribution in [0.15, 0.2) is 45.6 Å². The summed E-state index contributed by atoms with van der Waals surface area (Å²) in [6.07, 6.45) is 4.01. The fraction of sp³-hybridized carbons (Fsp3) is 0.345. The highest BCUT2D eigenvalue weighted by Gasteiger charge is 2.37. The van der Waals surface area contributed by atoms with Gasteiger partial charge in [0.15, 0.2) is 6.61 Å². The lowest BCUT2D eigenvalue weighted by atomic mass is 9.90. The van der Waals surface area contributed by atoms with Crippen LogP contribution in [0.5, 0.6) is 5.75 Å². The van der Waals surface area contributed by atoms with Gasteiger partial charge in [0.1, 0.15) is 17.4 Å². The highest BCUT2D eigenvalue weighted by Crippen LogP contribution is 2.33. The highest BCUT2D eigenvalue weighted by molar-refractivity contribution is 5.90. The summed E-state index contributed by atoms with van der Waals surface area (Å²) in [6, 6.07) is 10.9. The maximum atomic E-state index is 13.4. The van der Waals surface area contributed by atoms with Crippen LogP contribution < -0.4 is 10.4 Å². The molecule has 1 amide bonds. The standard InChI is InChI=1S/C29H28N2O6/c1-16-25(12-11-19-17-7-3-4-9-20(17)28(33)37-27(16)19)36-15-26(32)31-14-23-21(13-24(31)29(34)35-2)18-8-5-6-10-22(18)30-23/h5-6,8,10-12,24,30H,3-4,7,9,13-15H2,1-2H3/t24-/m0/s1. The van der Waals surface area contributed by atoms with E-state index in [1.165, 1.54) is 12.0 Å². The number of esters is 1. The minimum absolute atomic E-state index is 0.254. The van der Waals surface area contributed by atoms with Gasteiger partial charge in [-0.3, -0.25) is 4.79 Å². The van der Waals surface area contributed by atoms with Crippen molar-refractivity contribution in [3.05, 3.63) is 74.8 Å². The first-order valence-electron chi connectivity index (χ1n) is 12.6. The monoisotopic (exact) mass is 500 g/mol. The number of rotatable bonds is 4. The smallest absolute Gasteiger partial charge is 0.339 e. The second-order valence-electron chi connectivity index (χ2n) is 9.80. The van der Waals surface area contributed by atoms with Crippen molar-refractivity contribution in [2.45, 2.75) is 51.6 Å². The summed E-state index contributed by atoms with van der Waals surface area (Å²) < 4.78 is 16.7. The lowest BCUT2D eigenvalue weighted by Crippen LogP contribution is -2.50. The molecule has 1 N–H and O–H groups in total. The number of hydrogen-bond donors (Lipinski definition) is 1. The SMILES string of the molecule is COC(=O)[C@@H]1Cc2c([nH]c3ccccc23)CN1C(=O)COc1ccc2c3c(c(=O)oc2c1C)CCCC3. The van der Waals surface area contributed by atoms with Crippen molar-refractivity contribution in [1.82, 2.24) is 9.88 Å². The zero-order valence-corrected chi connectivity index (χ0v) is 20.9. The van der Waals surface area contributed by atoms with Crippen molar-refractivity contribution in [2.75, 3.05) is 13.7 Å². The molecule has 1 atom stereocenters. The molecule has 0 radical (unpaired) electrons. The summed E-state index contributed by atoms with van der Waals surface area (Å²) in [4.78, 5) is 43.5. The Bertz CT molecular complexity index is 1610. The molecule has 190 valence electrons. The van der Waals surface area contributed by atoms with Crippen LogP contribution in [0, 0.1) is 6.92 Å². The number of aryl methyl sites for hydroxylation is 2. The first kappa shape index (κ1) is 23.3. The van der Waals surface area contributed by atoms with Crippen molar-refractivity contribution < 1.29 is 23.5 Å². The van der Waals surface area contributed by atoms with Gasteiger partial charge in [0.05, 0.1) is 13.7 Å². The molecule has 0 spiro atoms. The van der Waals surface area contributed by atoms with E-state index >= 15 is 0 Å². The van der Waals surface area contributed by atoms with Gasteiger partial charge in [-0.2, -0.15) is 0 Å². The number of hydrogen-bond acceptors (Lipinski definition) is 6. The number of para-hydroxylation sites is 1. The van der Waals surface area contributed by atoms with E-state index in [1.807, 2.05) is 43.3 Å². The van der Waals surface area contributed by atoms with E-state index in [-0.39, 0.29) is 24.7 Å². The number of nitrogens with zero attached hydrogens (tertiary/aromatic N) is 1. The minimum Gasteiger partial charge on any atom is -0.483 e. The van der Waals surface area contributed by atoms with Gasteiger partial charge in [-0.1, -0.05) is 18.2 Å². The van der Waals surface area contributed by atoms with E-state index in [0.717, 1.165) is 64.4 Å². The minimum atomic E-state index is -0.741. The van der Waals surface area contributed by atoms with Gasteiger partial charge in [-0.15, -0.1) is 0 Å². The van der Waals surface area contributed by atoms with Crippen molar-refractivity contribution in [3.63, 3.8) is 0 Å². The number of aromatic nitrogens is 1. The van der Waals surface area contributed by atoms with Gasteiger partial charge >= 0.3 is 11.6 Å². The fourth-order valence-electron chi connectivity index (χ4n) is 5.82.